The molecule has 0 unspecified atom stereocenters. The Balaban J connectivity index is 1.57. The SMILES string of the molecule is Cc1ccc(N2CCN(C(=O)Nc3ccc(F)cc3)CC2)cc1C. The third-order valence-electron chi connectivity index (χ3n) is 4.52. The minimum Gasteiger partial charge on any atom is -0.368 e. The number of anilines is 2. The van der Waals surface area contributed by atoms with Crippen LogP contribution in [0.15, 0.2) is 42.5 Å². The predicted molar refractivity (Wildman–Crippen MR) is 95.1 cm³/mol. The monoisotopic (exact) mass is 327 g/mol. The van der Waals surface area contributed by atoms with Crippen LogP contribution < -0.4 is 10.2 Å². The highest BCUT2D eigenvalue weighted by Gasteiger charge is 2.21. The Labute approximate surface area is 141 Å². The molecule has 0 spiro atoms. The number of nitrogens with one attached hydrogen (secondary N) is 1. The summed E-state index contributed by atoms with van der Waals surface area (Å²) in [7, 11) is 0. The van der Waals surface area contributed by atoms with Crippen LogP contribution >= 0.6 is 0 Å². The Bertz CT molecular complexity index is 722. The molecule has 2 aromatic rings. The fraction of sp³-hybridized carbons (Fsp3) is 0.316. The van der Waals surface area contributed by atoms with Crippen molar-refractivity contribution in [3.63, 3.8) is 0 Å². The molecule has 126 valence electrons. The molecule has 0 bridgehead atoms. The van der Waals surface area contributed by atoms with E-state index in [2.05, 4.69) is 42.3 Å². The fourth-order valence-electron chi connectivity index (χ4n) is 2.83. The number of urea groups is 1. The lowest BCUT2D eigenvalue weighted by atomic mass is 10.1. The number of carbonyl (C=O) groups is 1. The zero-order chi connectivity index (χ0) is 17.1. The zero-order valence-electron chi connectivity index (χ0n) is 14.1. The highest BCUT2D eigenvalue weighted by molar-refractivity contribution is 5.89. The fourth-order valence-corrected chi connectivity index (χ4v) is 2.83. The van der Waals surface area contributed by atoms with E-state index < -0.39 is 0 Å². The average molecular weight is 327 g/mol. The van der Waals surface area contributed by atoms with Gasteiger partial charge in [-0.2, -0.15) is 0 Å². The molecule has 2 amide bonds. The second-order valence-corrected chi connectivity index (χ2v) is 6.18. The third-order valence-corrected chi connectivity index (χ3v) is 4.52. The highest BCUT2D eigenvalue weighted by atomic mass is 19.1. The van der Waals surface area contributed by atoms with Crippen molar-refractivity contribution in [2.75, 3.05) is 36.4 Å². The van der Waals surface area contributed by atoms with Crippen LogP contribution in [0.25, 0.3) is 0 Å². The predicted octanol–water partition coefficient (Wildman–Crippen LogP) is 3.80. The Kier molecular flexibility index (Phi) is 4.69. The van der Waals surface area contributed by atoms with E-state index in [0.29, 0.717) is 18.8 Å². The maximum absolute atomic E-state index is 12.9. The first-order valence-corrected chi connectivity index (χ1v) is 8.16. The summed E-state index contributed by atoms with van der Waals surface area (Å²) in [4.78, 5) is 16.4. The van der Waals surface area contributed by atoms with Crippen LogP contribution in [0, 0.1) is 19.7 Å². The van der Waals surface area contributed by atoms with Crippen LogP contribution in [0.5, 0.6) is 0 Å². The van der Waals surface area contributed by atoms with E-state index in [1.54, 1.807) is 17.0 Å². The van der Waals surface area contributed by atoms with Gasteiger partial charge in [0.1, 0.15) is 5.82 Å². The molecule has 0 aromatic heterocycles. The highest BCUT2D eigenvalue weighted by Crippen LogP contribution is 2.20. The number of piperazine rings is 1. The second-order valence-electron chi connectivity index (χ2n) is 6.18. The number of nitrogens with zero attached hydrogens (tertiary/aromatic N) is 2. The molecular weight excluding hydrogens is 305 g/mol. The van der Waals surface area contributed by atoms with Gasteiger partial charge >= 0.3 is 6.03 Å². The van der Waals surface area contributed by atoms with Crippen molar-refractivity contribution < 1.29 is 9.18 Å². The van der Waals surface area contributed by atoms with Gasteiger partial charge in [-0.15, -0.1) is 0 Å². The van der Waals surface area contributed by atoms with Crippen molar-refractivity contribution in [2.24, 2.45) is 0 Å². The first kappa shape index (κ1) is 16.3. The van der Waals surface area contributed by atoms with Crippen molar-refractivity contribution in [2.45, 2.75) is 13.8 Å². The smallest absolute Gasteiger partial charge is 0.321 e. The van der Waals surface area contributed by atoms with Crippen molar-refractivity contribution in [1.29, 1.82) is 0 Å². The number of hydrogen-bond acceptors (Lipinski definition) is 2. The van der Waals surface area contributed by atoms with Gasteiger partial charge in [0.15, 0.2) is 0 Å². The molecule has 2 aromatic carbocycles. The molecule has 1 fully saturated rings. The van der Waals surface area contributed by atoms with Crippen molar-refractivity contribution in [3.8, 4) is 0 Å². The molecule has 0 aliphatic carbocycles. The standard InChI is InChI=1S/C19H22FN3O/c1-14-3-8-18(13-15(14)2)22-9-11-23(12-10-22)19(24)21-17-6-4-16(20)5-7-17/h3-8,13H,9-12H2,1-2H3,(H,21,24). The molecule has 24 heavy (non-hydrogen) atoms. The second kappa shape index (κ2) is 6.91. The molecule has 1 saturated heterocycles. The maximum Gasteiger partial charge on any atom is 0.321 e. The van der Waals surface area contributed by atoms with E-state index in [1.165, 1.54) is 28.9 Å². The number of carbonyl (C=O) groups excluding carboxylic acids is 1. The summed E-state index contributed by atoms with van der Waals surface area (Å²) < 4.78 is 12.9. The van der Waals surface area contributed by atoms with E-state index in [-0.39, 0.29) is 11.8 Å². The van der Waals surface area contributed by atoms with Gasteiger partial charge in [-0.05, 0) is 61.4 Å². The Morgan fingerprint density at radius 1 is 0.958 bits per heavy atom. The molecule has 1 aliphatic heterocycles. The Morgan fingerprint density at radius 3 is 2.25 bits per heavy atom. The molecule has 1 aliphatic rings. The molecule has 1 N–H and O–H groups in total. The molecule has 4 nitrogen and oxygen atoms in total. The van der Waals surface area contributed by atoms with Gasteiger partial charge in [0.2, 0.25) is 0 Å². The first-order chi connectivity index (χ1) is 11.5. The van der Waals surface area contributed by atoms with Gasteiger partial charge in [0, 0.05) is 37.6 Å². The molecule has 0 atom stereocenters. The number of hydrogen-bond donors (Lipinski definition) is 1. The quantitative estimate of drug-likeness (QED) is 0.911. The number of aryl methyl sites for hydroxylation is 2. The van der Waals surface area contributed by atoms with E-state index in [9.17, 15) is 9.18 Å². The number of benzene rings is 2. The zero-order valence-corrected chi connectivity index (χ0v) is 14.1. The minimum absolute atomic E-state index is 0.138. The van der Waals surface area contributed by atoms with E-state index in [0.717, 1.165) is 13.1 Å². The summed E-state index contributed by atoms with van der Waals surface area (Å²) in [5, 5.41) is 2.81. The van der Waals surface area contributed by atoms with Crippen LogP contribution in [0.3, 0.4) is 0 Å². The molecule has 1 heterocycles. The molecule has 0 saturated carbocycles. The summed E-state index contributed by atoms with van der Waals surface area (Å²) in [5.41, 5.74) is 4.38. The minimum atomic E-state index is -0.310. The summed E-state index contributed by atoms with van der Waals surface area (Å²) >= 11 is 0. The topological polar surface area (TPSA) is 35.6 Å². The van der Waals surface area contributed by atoms with Crippen LogP contribution in [0.1, 0.15) is 11.1 Å². The van der Waals surface area contributed by atoms with Crippen molar-refractivity contribution in [3.05, 3.63) is 59.4 Å². The van der Waals surface area contributed by atoms with Gasteiger partial charge in [-0.3, -0.25) is 0 Å². The van der Waals surface area contributed by atoms with Gasteiger partial charge in [0.05, 0.1) is 0 Å². The van der Waals surface area contributed by atoms with Gasteiger partial charge in [-0.1, -0.05) is 6.07 Å². The van der Waals surface area contributed by atoms with Gasteiger partial charge < -0.3 is 15.1 Å². The van der Waals surface area contributed by atoms with E-state index in [1.807, 2.05) is 0 Å². The lowest BCUT2D eigenvalue weighted by molar-refractivity contribution is 0.208. The summed E-state index contributed by atoms with van der Waals surface area (Å²) in [6.45, 7) is 7.17. The largest absolute Gasteiger partial charge is 0.368 e. The van der Waals surface area contributed by atoms with Crippen LogP contribution in [0.4, 0.5) is 20.6 Å². The number of amides is 2. The lowest BCUT2D eigenvalue weighted by Gasteiger charge is -2.36. The summed E-state index contributed by atoms with van der Waals surface area (Å²) in [6.07, 6.45) is 0. The number of halogens is 1. The van der Waals surface area contributed by atoms with Gasteiger partial charge in [0.25, 0.3) is 0 Å². The average Bonchev–Trinajstić information content (AvgIpc) is 2.59. The lowest BCUT2D eigenvalue weighted by Crippen LogP contribution is -2.50. The van der Waals surface area contributed by atoms with E-state index in [4.69, 9.17) is 0 Å². The summed E-state index contributed by atoms with van der Waals surface area (Å²) in [6, 6.07) is 12.2. The first-order valence-electron chi connectivity index (χ1n) is 8.16. The van der Waals surface area contributed by atoms with Crippen LogP contribution in [-0.2, 0) is 0 Å². The molecule has 0 radical (unpaired) electrons. The van der Waals surface area contributed by atoms with Gasteiger partial charge in [-0.25, -0.2) is 9.18 Å². The van der Waals surface area contributed by atoms with Crippen molar-refractivity contribution in [1.82, 2.24) is 4.90 Å². The van der Waals surface area contributed by atoms with Crippen molar-refractivity contribution >= 4 is 17.4 Å². The van der Waals surface area contributed by atoms with E-state index >= 15 is 0 Å². The Morgan fingerprint density at radius 2 is 1.62 bits per heavy atom. The summed E-state index contributed by atoms with van der Waals surface area (Å²) in [5.74, 6) is -0.310. The normalized spacial score (nSPS) is 14.6. The maximum atomic E-state index is 12.9. The number of rotatable bonds is 2. The Hall–Kier alpha value is -2.56. The van der Waals surface area contributed by atoms with Crippen LogP contribution in [-0.4, -0.2) is 37.1 Å². The molecular formula is C19H22FN3O. The third kappa shape index (κ3) is 3.67. The molecule has 3 rings (SSSR count). The molecule has 5 heteroatoms. The van der Waals surface area contributed by atoms with Crippen LogP contribution in [0.2, 0.25) is 0 Å².